The van der Waals surface area contributed by atoms with Gasteiger partial charge < -0.3 is 5.32 Å². The molecule has 0 aliphatic heterocycles. The van der Waals surface area contributed by atoms with Crippen molar-refractivity contribution in [1.29, 1.82) is 5.26 Å². The Bertz CT molecular complexity index is 843. The second-order valence-corrected chi connectivity index (χ2v) is 5.00. The van der Waals surface area contributed by atoms with Crippen LogP contribution in [-0.2, 0) is 6.54 Å². The van der Waals surface area contributed by atoms with Crippen LogP contribution in [0.5, 0.6) is 0 Å². The average molecular weight is 321 g/mol. The maximum Gasteiger partial charge on any atom is 0.324 e. The molecular formula is C16H15N7O. The maximum absolute atomic E-state index is 12.0. The highest BCUT2D eigenvalue weighted by Crippen LogP contribution is 2.19. The minimum Gasteiger partial charge on any atom is -0.308 e. The average Bonchev–Trinajstić information content (AvgIpc) is 3.25. The molecule has 0 fully saturated rings. The van der Waals surface area contributed by atoms with E-state index in [0.29, 0.717) is 24.5 Å². The first kappa shape index (κ1) is 15.3. The Labute approximate surface area is 138 Å². The molecule has 1 aromatic carbocycles. The number of nitrogens with zero attached hydrogens (tertiary/aromatic N) is 4. The number of aromatic amines is 1. The van der Waals surface area contributed by atoms with Crippen LogP contribution in [-0.4, -0.2) is 26.0 Å². The Morgan fingerprint density at radius 1 is 1.21 bits per heavy atom. The molecule has 3 aromatic rings. The zero-order valence-electron chi connectivity index (χ0n) is 12.7. The van der Waals surface area contributed by atoms with Gasteiger partial charge in [-0.2, -0.15) is 15.5 Å². The van der Waals surface area contributed by atoms with Crippen LogP contribution in [0.3, 0.4) is 0 Å². The molecule has 8 nitrogen and oxygen atoms in total. The Balaban J connectivity index is 1.57. The third kappa shape index (κ3) is 3.78. The monoisotopic (exact) mass is 321 g/mol. The van der Waals surface area contributed by atoms with Gasteiger partial charge in [-0.25, -0.2) is 4.79 Å². The number of hydrogen-bond donors (Lipinski definition) is 3. The van der Waals surface area contributed by atoms with E-state index in [9.17, 15) is 4.79 Å². The SMILES string of the molecule is N#CCCn1ccc(NC(=O)Nc2ccc(-c3ccn[nH]3)cc2)n1. The molecule has 0 saturated carbocycles. The summed E-state index contributed by atoms with van der Waals surface area (Å²) in [5.41, 5.74) is 2.56. The number of urea groups is 1. The van der Waals surface area contributed by atoms with Crippen LogP contribution in [0, 0.1) is 11.3 Å². The lowest BCUT2D eigenvalue weighted by atomic mass is 10.1. The highest BCUT2D eigenvalue weighted by Gasteiger charge is 2.06. The van der Waals surface area contributed by atoms with Crippen molar-refractivity contribution >= 4 is 17.5 Å². The first-order chi connectivity index (χ1) is 11.7. The van der Waals surface area contributed by atoms with Crippen LogP contribution in [0.15, 0.2) is 48.8 Å². The van der Waals surface area contributed by atoms with Crippen LogP contribution in [0.25, 0.3) is 11.3 Å². The predicted octanol–water partition coefficient (Wildman–Crippen LogP) is 2.83. The Hall–Kier alpha value is -3.60. The van der Waals surface area contributed by atoms with Gasteiger partial charge >= 0.3 is 6.03 Å². The summed E-state index contributed by atoms with van der Waals surface area (Å²) >= 11 is 0. The first-order valence-corrected chi connectivity index (χ1v) is 7.33. The second kappa shape index (κ2) is 7.11. The van der Waals surface area contributed by atoms with Crippen LogP contribution in [0.4, 0.5) is 16.3 Å². The minimum absolute atomic E-state index is 0.371. The van der Waals surface area contributed by atoms with Crippen molar-refractivity contribution in [2.24, 2.45) is 0 Å². The van der Waals surface area contributed by atoms with E-state index in [1.54, 1.807) is 35.3 Å². The van der Waals surface area contributed by atoms with Crippen molar-refractivity contribution in [1.82, 2.24) is 20.0 Å². The lowest BCUT2D eigenvalue weighted by Gasteiger charge is -2.06. The van der Waals surface area contributed by atoms with E-state index in [-0.39, 0.29) is 6.03 Å². The van der Waals surface area contributed by atoms with Gasteiger partial charge in [0, 0.05) is 24.1 Å². The molecule has 0 unspecified atom stereocenters. The molecule has 3 N–H and O–H groups in total. The molecule has 2 aromatic heterocycles. The molecule has 0 aliphatic rings. The largest absolute Gasteiger partial charge is 0.324 e. The van der Waals surface area contributed by atoms with E-state index in [1.165, 1.54) is 0 Å². The standard InChI is InChI=1S/C16H15N7O/c17-8-1-10-23-11-7-15(22-23)20-16(24)19-13-4-2-12(3-5-13)14-6-9-18-21-14/h2-7,9,11H,1,10H2,(H,18,21)(H2,19,20,22,24). The lowest BCUT2D eigenvalue weighted by Crippen LogP contribution is -2.19. The van der Waals surface area contributed by atoms with Gasteiger partial charge in [0.25, 0.3) is 0 Å². The van der Waals surface area contributed by atoms with E-state index in [2.05, 4.69) is 25.9 Å². The molecule has 0 spiro atoms. The zero-order chi connectivity index (χ0) is 16.8. The third-order valence-corrected chi connectivity index (χ3v) is 3.29. The maximum atomic E-state index is 12.0. The molecule has 0 radical (unpaired) electrons. The summed E-state index contributed by atoms with van der Waals surface area (Å²) in [6.07, 6.45) is 3.77. The highest BCUT2D eigenvalue weighted by atomic mass is 16.2. The van der Waals surface area contributed by atoms with Crippen molar-refractivity contribution in [2.75, 3.05) is 10.6 Å². The number of aryl methyl sites for hydroxylation is 1. The normalized spacial score (nSPS) is 10.1. The lowest BCUT2D eigenvalue weighted by molar-refractivity contribution is 0.262. The van der Waals surface area contributed by atoms with Gasteiger partial charge in [-0.1, -0.05) is 12.1 Å². The van der Waals surface area contributed by atoms with Gasteiger partial charge in [-0.05, 0) is 23.8 Å². The summed E-state index contributed by atoms with van der Waals surface area (Å²) in [6, 6.07) is 12.6. The number of benzene rings is 1. The Kier molecular flexibility index (Phi) is 4.53. The second-order valence-electron chi connectivity index (χ2n) is 5.00. The summed E-state index contributed by atoms with van der Waals surface area (Å²) in [7, 11) is 0. The highest BCUT2D eigenvalue weighted by molar-refractivity contribution is 5.99. The molecule has 120 valence electrons. The topological polar surface area (TPSA) is 111 Å². The molecule has 0 saturated heterocycles. The van der Waals surface area contributed by atoms with E-state index >= 15 is 0 Å². The van der Waals surface area contributed by atoms with E-state index < -0.39 is 0 Å². The summed E-state index contributed by atoms with van der Waals surface area (Å²) in [5, 5.41) is 24.9. The molecule has 2 amide bonds. The van der Waals surface area contributed by atoms with Crippen molar-refractivity contribution in [2.45, 2.75) is 13.0 Å². The minimum atomic E-state index is -0.380. The molecule has 0 bridgehead atoms. The zero-order valence-corrected chi connectivity index (χ0v) is 12.7. The Morgan fingerprint density at radius 2 is 2.04 bits per heavy atom. The molecule has 0 atom stereocenters. The number of anilines is 2. The fourth-order valence-corrected chi connectivity index (χ4v) is 2.15. The smallest absolute Gasteiger partial charge is 0.308 e. The van der Waals surface area contributed by atoms with Crippen LogP contribution in [0.1, 0.15) is 6.42 Å². The molecule has 3 rings (SSSR count). The molecular weight excluding hydrogens is 306 g/mol. The predicted molar refractivity (Wildman–Crippen MR) is 89.1 cm³/mol. The van der Waals surface area contributed by atoms with Crippen molar-refractivity contribution in [3.8, 4) is 17.3 Å². The number of nitrogens with one attached hydrogen (secondary N) is 3. The quantitative estimate of drug-likeness (QED) is 0.670. The first-order valence-electron chi connectivity index (χ1n) is 7.33. The number of H-pyrrole nitrogens is 1. The van der Waals surface area contributed by atoms with Gasteiger partial charge in [0.2, 0.25) is 0 Å². The fourth-order valence-electron chi connectivity index (χ4n) is 2.15. The summed E-state index contributed by atoms with van der Waals surface area (Å²) in [4.78, 5) is 12.0. The van der Waals surface area contributed by atoms with E-state index in [4.69, 9.17) is 5.26 Å². The van der Waals surface area contributed by atoms with Gasteiger partial charge in [0.1, 0.15) is 0 Å². The summed E-state index contributed by atoms with van der Waals surface area (Å²) < 4.78 is 1.61. The van der Waals surface area contributed by atoms with E-state index in [1.807, 2.05) is 24.3 Å². The number of carbonyl (C=O) groups is 1. The number of nitriles is 1. The van der Waals surface area contributed by atoms with Gasteiger partial charge in [-0.15, -0.1) is 0 Å². The molecule has 0 aliphatic carbocycles. The summed E-state index contributed by atoms with van der Waals surface area (Å²) in [6.45, 7) is 0.495. The summed E-state index contributed by atoms with van der Waals surface area (Å²) in [5.74, 6) is 0.430. The van der Waals surface area contributed by atoms with Crippen LogP contribution < -0.4 is 10.6 Å². The van der Waals surface area contributed by atoms with Gasteiger partial charge in [0.05, 0.1) is 24.7 Å². The third-order valence-electron chi connectivity index (χ3n) is 3.29. The van der Waals surface area contributed by atoms with Gasteiger partial charge in [0.15, 0.2) is 5.82 Å². The van der Waals surface area contributed by atoms with E-state index in [0.717, 1.165) is 11.3 Å². The number of rotatable bonds is 5. The van der Waals surface area contributed by atoms with Gasteiger partial charge in [-0.3, -0.25) is 15.1 Å². The number of hydrogen-bond acceptors (Lipinski definition) is 4. The number of amides is 2. The van der Waals surface area contributed by atoms with Crippen LogP contribution >= 0.6 is 0 Å². The van der Waals surface area contributed by atoms with Crippen molar-refractivity contribution < 1.29 is 4.79 Å². The van der Waals surface area contributed by atoms with Crippen molar-refractivity contribution in [3.63, 3.8) is 0 Å². The fraction of sp³-hybridized carbons (Fsp3) is 0.125. The number of carbonyl (C=O) groups excluding carboxylic acids is 1. The molecule has 8 heteroatoms. The van der Waals surface area contributed by atoms with Crippen LogP contribution in [0.2, 0.25) is 0 Å². The molecule has 24 heavy (non-hydrogen) atoms. The number of aromatic nitrogens is 4. The van der Waals surface area contributed by atoms with Crippen molar-refractivity contribution in [3.05, 3.63) is 48.8 Å². The Morgan fingerprint density at radius 3 is 2.75 bits per heavy atom. The molecule has 2 heterocycles.